The van der Waals surface area contributed by atoms with Crippen molar-refractivity contribution < 1.29 is 0 Å². The maximum atomic E-state index is 3.70. The molecule has 2 unspecified atom stereocenters. The molecular formula is C17H34N2. The quantitative estimate of drug-likeness (QED) is 0.756. The van der Waals surface area contributed by atoms with Gasteiger partial charge in [-0.1, -0.05) is 33.1 Å². The highest BCUT2D eigenvalue weighted by Crippen LogP contribution is 2.26. The molecule has 2 aliphatic heterocycles. The molecule has 2 fully saturated rings. The van der Waals surface area contributed by atoms with E-state index < -0.39 is 0 Å². The molecule has 2 atom stereocenters. The van der Waals surface area contributed by atoms with Crippen molar-refractivity contribution in [2.75, 3.05) is 26.2 Å². The third-order valence-electron chi connectivity index (χ3n) is 5.36. The molecule has 19 heavy (non-hydrogen) atoms. The van der Waals surface area contributed by atoms with Gasteiger partial charge in [-0.2, -0.15) is 0 Å². The van der Waals surface area contributed by atoms with Gasteiger partial charge in [-0.15, -0.1) is 0 Å². The Morgan fingerprint density at radius 1 is 1.16 bits per heavy atom. The minimum absolute atomic E-state index is 0.851. The third-order valence-corrected chi connectivity index (χ3v) is 5.36. The molecule has 0 radical (unpaired) electrons. The Bertz CT molecular complexity index is 227. The fourth-order valence-corrected chi connectivity index (χ4v) is 3.93. The summed E-state index contributed by atoms with van der Waals surface area (Å²) < 4.78 is 0. The summed E-state index contributed by atoms with van der Waals surface area (Å²) in [5.74, 6) is 1.91. The molecule has 2 rings (SSSR count). The van der Waals surface area contributed by atoms with Crippen molar-refractivity contribution in [1.82, 2.24) is 10.2 Å². The van der Waals surface area contributed by atoms with Crippen LogP contribution in [0.1, 0.15) is 65.2 Å². The van der Waals surface area contributed by atoms with Crippen LogP contribution < -0.4 is 5.32 Å². The molecule has 0 aromatic rings. The number of hydrogen-bond acceptors (Lipinski definition) is 2. The first-order valence-electron chi connectivity index (χ1n) is 8.79. The SMILES string of the molecule is CCCCC(CC)CN1CCC(C2CCCN2)CC1. The van der Waals surface area contributed by atoms with Crippen molar-refractivity contribution in [2.45, 2.75) is 71.3 Å². The molecule has 0 aromatic heterocycles. The van der Waals surface area contributed by atoms with Gasteiger partial charge in [0.25, 0.3) is 0 Å². The van der Waals surface area contributed by atoms with E-state index in [0.29, 0.717) is 0 Å². The fraction of sp³-hybridized carbons (Fsp3) is 1.00. The Labute approximate surface area is 120 Å². The lowest BCUT2D eigenvalue weighted by molar-refractivity contribution is 0.139. The van der Waals surface area contributed by atoms with Gasteiger partial charge in [0.15, 0.2) is 0 Å². The first-order valence-corrected chi connectivity index (χ1v) is 8.79. The molecule has 1 N–H and O–H groups in total. The molecule has 2 nitrogen and oxygen atoms in total. The number of unbranched alkanes of at least 4 members (excludes halogenated alkanes) is 1. The fourth-order valence-electron chi connectivity index (χ4n) is 3.93. The van der Waals surface area contributed by atoms with Crippen molar-refractivity contribution in [3.05, 3.63) is 0 Å². The van der Waals surface area contributed by atoms with Crippen molar-refractivity contribution in [2.24, 2.45) is 11.8 Å². The number of piperidine rings is 1. The van der Waals surface area contributed by atoms with Gasteiger partial charge < -0.3 is 10.2 Å². The summed E-state index contributed by atoms with van der Waals surface area (Å²) in [7, 11) is 0. The van der Waals surface area contributed by atoms with Crippen molar-refractivity contribution in [3.63, 3.8) is 0 Å². The normalized spacial score (nSPS) is 27.8. The molecule has 2 saturated heterocycles. The topological polar surface area (TPSA) is 15.3 Å². The lowest BCUT2D eigenvalue weighted by Gasteiger charge is -2.36. The first kappa shape index (κ1) is 15.3. The zero-order chi connectivity index (χ0) is 13.5. The van der Waals surface area contributed by atoms with E-state index in [1.165, 1.54) is 77.5 Å². The Balaban J connectivity index is 1.67. The molecule has 0 saturated carbocycles. The second-order valence-electron chi connectivity index (χ2n) is 6.76. The predicted molar refractivity (Wildman–Crippen MR) is 83.5 cm³/mol. The summed E-state index contributed by atoms with van der Waals surface area (Å²) in [6, 6.07) is 0.851. The Kier molecular flexibility index (Phi) is 6.66. The Morgan fingerprint density at radius 3 is 2.53 bits per heavy atom. The second kappa shape index (κ2) is 8.26. The summed E-state index contributed by atoms with van der Waals surface area (Å²) in [4.78, 5) is 2.75. The number of rotatable bonds is 7. The molecule has 0 aromatic carbocycles. The van der Waals surface area contributed by atoms with Crippen LogP contribution in [0.15, 0.2) is 0 Å². The number of nitrogens with one attached hydrogen (secondary N) is 1. The van der Waals surface area contributed by atoms with Gasteiger partial charge in [-0.3, -0.25) is 0 Å². The summed E-state index contributed by atoms with van der Waals surface area (Å²) in [5.41, 5.74) is 0. The van der Waals surface area contributed by atoms with Gasteiger partial charge in [-0.25, -0.2) is 0 Å². The average Bonchev–Trinajstić information content (AvgIpc) is 2.98. The minimum atomic E-state index is 0.851. The molecular weight excluding hydrogens is 232 g/mol. The lowest BCUT2D eigenvalue weighted by Crippen LogP contribution is -2.42. The van der Waals surface area contributed by atoms with Crippen LogP contribution in [-0.4, -0.2) is 37.1 Å². The summed E-state index contributed by atoms with van der Waals surface area (Å²) in [6.07, 6.45) is 11.3. The molecule has 0 aliphatic carbocycles. The summed E-state index contributed by atoms with van der Waals surface area (Å²) in [6.45, 7) is 10.0. The van der Waals surface area contributed by atoms with Crippen LogP contribution in [0.4, 0.5) is 0 Å². The molecule has 2 heterocycles. The van der Waals surface area contributed by atoms with E-state index in [1.54, 1.807) is 0 Å². The van der Waals surface area contributed by atoms with Crippen LogP contribution in [0.5, 0.6) is 0 Å². The molecule has 0 bridgehead atoms. The van der Waals surface area contributed by atoms with Crippen LogP contribution in [0, 0.1) is 11.8 Å². The Hall–Kier alpha value is -0.0800. The molecule has 0 amide bonds. The number of likely N-dealkylation sites (tertiary alicyclic amines) is 1. The van der Waals surface area contributed by atoms with Crippen LogP contribution in [-0.2, 0) is 0 Å². The maximum Gasteiger partial charge on any atom is 0.00967 e. The van der Waals surface area contributed by atoms with Crippen molar-refractivity contribution >= 4 is 0 Å². The standard InChI is InChI=1S/C17H34N2/c1-3-5-7-15(4-2)14-19-12-9-16(10-13-19)17-8-6-11-18-17/h15-18H,3-14H2,1-2H3. The molecule has 112 valence electrons. The number of hydrogen-bond donors (Lipinski definition) is 1. The Morgan fingerprint density at radius 2 is 1.95 bits per heavy atom. The monoisotopic (exact) mass is 266 g/mol. The van der Waals surface area contributed by atoms with Gasteiger partial charge >= 0.3 is 0 Å². The van der Waals surface area contributed by atoms with Crippen molar-refractivity contribution in [3.8, 4) is 0 Å². The van der Waals surface area contributed by atoms with Gasteiger partial charge in [-0.05, 0) is 63.6 Å². The van der Waals surface area contributed by atoms with Crippen LogP contribution in [0.25, 0.3) is 0 Å². The molecule has 2 heteroatoms. The first-order chi connectivity index (χ1) is 9.33. The van der Waals surface area contributed by atoms with E-state index >= 15 is 0 Å². The largest absolute Gasteiger partial charge is 0.314 e. The van der Waals surface area contributed by atoms with Gasteiger partial charge in [0, 0.05) is 12.6 Å². The number of nitrogens with zero attached hydrogens (tertiary/aromatic N) is 1. The third kappa shape index (κ3) is 4.75. The van der Waals surface area contributed by atoms with E-state index in [4.69, 9.17) is 0 Å². The smallest absolute Gasteiger partial charge is 0.00967 e. The average molecular weight is 266 g/mol. The zero-order valence-electron chi connectivity index (χ0n) is 13.2. The lowest BCUT2D eigenvalue weighted by atomic mass is 9.88. The van der Waals surface area contributed by atoms with Crippen molar-refractivity contribution in [1.29, 1.82) is 0 Å². The van der Waals surface area contributed by atoms with E-state index in [-0.39, 0.29) is 0 Å². The maximum absolute atomic E-state index is 3.70. The minimum Gasteiger partial charge on any atom is -0.314 e. The van der Waals surface area contributed by atoms with Crippen LogP contribution >= 0.6 is 0 Å². The zero-order valence-corrected chi connectivity index (χ0v) is 13.2. The van der Waals surface area contributed by atoms with E-state index in [9.17, 15) is 0 Å². The molecule has 2 aliphatic rings. The molecule has 0 spiro atoms. The second-order valence-corrected chi connectivity index (χ2v) is 6.76. The van der Waals surface area contributed by atoms with E-state index in [2.05, 4.69) is 24.1 Å². The highest BCUT2D eigenvalue weighted by atomic mass is 15.1. The summed E-state index contributed by atoms with van der Waals surface area (Å²) in [5, 5.41) is 3.70. The van der Waals surface area contributed by atoms with Gasteiger partial charge in [0.1, 0.15) is 0 Å². The van der Waals surface area contributed by atoms with Gasteiger partial charge in [0.05, 0.1) is 0 Å². The van der Waals surface area contributed by atoms with Crippen LogP contribution in [0.3, 0.4) is 0 Å². The van der Waals surface area contributed by atoms with Crippen LogP contribution in [0.2, 0.25) is 0 Å². The highest BCUT2D eigenvalue weighted by Gasteiger charge is 2.28. The van der Waals surface area contributed by atoms with E-state index in [1.807, 2.05) is 0 Å². The van der Waals surface area contributed by atoms with E-state index in [0.717, 1.165) is 17.9 Å². The van der Waals surface area contributed by atoms with Gasteiger partial charge in [0.2, 0.25) is 0 Å². The highest BCUT2D eigenvalue weighted by molar-refractivity contribution is 4.85. The predicted octanol–water partition coefficient (Wildman–Crippen LogP) is 3.67. The summed E-state index contributed by atoms with van der Waals surface area (Å²) >= 11 is 0.